The fourth-order valence-electron chi connectivity index (χ4n) is 1.74. The highest BCUT2D eigenvalue weighted by atomic mass is 16.5. The third-order valence-electron chi connectivity index (χ3n) is 3.13. The SMILES string of the molecule is CCC(C)c1noc(C(N)Cc2ccccc2)n1. The summed E-state index contributed by atoms with van der Waals surface area (Å²) >= 11 is 0. The molecule has 2 rings (SSSR count). The molecular weight excluding hydrogens is 226 g/mol. The summed E-state index contributed by atoms with van der Waals surface area (Å²) in [5.41, 5.74) is 7.26. The van der Waals surface area contributed by atoms with Crippen molar-refractivity contribution in [3.05, 3.63) is 47.6 Å². The van der Waals surface area contributed by atoms with Crippen LogP contribution in [0.4, 0.5) is 0 Å². The summed E-state index contributed by atoms with van der Waals surface area (Å²) in [6.07, 6.45) is 1.70. The minimum atomic E-state index is -0.238. The maximum Gasteiger partial charge on any atom is 0.243 e. The number of rotatable bonds is 5. The van der Waals surface area contributed by atoms with E-state index in [2.05, 4.69) is 24.0 Å². The third-order valence-corrected chi connectivity index (χ3v) is 3.13. The Hall–Kier alpha value is -1.68. The number of hydrogen-bond donors (Lipinski definition) is 1. The van der Waals surface area contributed by atoms with Crippen molar-refractivity contribution in [2.45, 2.75) is 38.6 Å². The highest BCUT2D eigenvalue weighted by Crippen LogP contribution is 2.19. The van der Waals surface area contributed by atoms with Crippen molar-refractivity contribution in [3.8, 4) is 0 Å². The van der Waals surface area contributed by atoms with Gasteiger partial charge in [-0.25, -0.2) is 0 Å². The molecule has 96 valence electrons. The largest absolute Gasteiger partial charge is 0.338 e. The Balaban J connectivity index is 2.05. The van der Waals surface area contributed by atoms with Crippen LogP contribution in [0.1, 0.15) is 49.5 Å². The zero-order chi connectivity index (χ0) is 13.0. The molecule has 4 nitrogen and oxygen atoms in total. The second-order valence-corrected chi connectivity index (χ2v) is 4.60. The molecule has 0 bridgehead atoms. The van der Waals surface area contributed by atoms with Crippen molar-refractivity contribution in [1.82, 2.24) is 10.1 Å². The molecule has 2 N–H and O–H groups in total. The average molecular weight is 245 g/mol. The van der Waals surface area contributed by atoms with Crippen LogP contribution >= 0.6 is 0 Å². The normalized spacial score (nSPS) is 14.4. The van der Waals surface area contributed by atoms with Gasteiger partial charge in [-0.1, -0.05) is 49.3 Å². The highest BCUT2D eigenvalue weighted by Gasteiger charge is 2.17. The van der Waals surface area contributed by atoms with E-state index in [1.807, 2.05) is 30.3 Å². The molecule has 0 aliphatic carbocycles. The van der Waals surface area contributed by atoms with Gasteiger partial charge < -0.3 is 10.3 Å². The van der Waals surface area contributed by atoms with Crippen molar-refractivity contribution in [3.63, 3.8) is 0 Å². The van der Waals surface area contributed by atoms with E-state index in [0.29, 0.717) is 18.2 Å². The van der Waals surface area contributed by atoms with E-state index in [-0.39, 0.29) is 6.04 Å². The third kappa shape index (κ3) is 2.96. The van der Waals surface area contributed by atoms with Crippen LogP contribution in [0.3, 0.4) is 0 Å². The minimum Gasteiger partial charge on any atom is -0.338 e. The lowest BCUT2D eigenvalue weighted by atomic mass is 10.1. The molecule has 1 aromatic heterocycles. The number of hydrogen-bond acceptors (Lipinski definition) is 4. The average Bonchev–Trinajstić information content (AvgIpc) is 2.88. The fraction of sp³-hybridized carbons (Fsp3) is 0.429. The van der Waals surface area contributed by atoms with Crippen LogP contribution in [-0.4, -0.2) is 10.1 Å². The molecule has 0 fully saturated rings. The molecule has 0 aliphatic rings. The molecule has 18 heavy (non-hydrogen) atoms. The molecule has 2 atom stereocenters. The van der Waals surface area contributed by atoms with Gasteiger partial charge in [-0.05, 0) is 18.4 Å². The van der Waals surface area contributed by atoms with E-state index in [0.717, 1.165) is 12.2 Å². The van der Waals surface area contributed by atoms with Crippen LogP contribution in [-0.2, 0) is 6.42 Å². The van der Waals surface area contributed by atoms with Gasteiger partial charge in [0.15, 0.2) is 5.82 Å². The first-order valence-electron chi connectivity index (χ1n) is 6.33. The molecule has 2 unspecified atom stereocenters. The van der Waals surface area contributed by atoms with Crippen LogP contribution in [0, 0.1) is 0 Å². The van der Waals surface area contributed by atoms with Gasteiger partial charge >= 0.3 is 0 Å². The van der Waals surface area contributed by atoms with Crippen molar-refractivity contribution < 1.29 is 4.52 Å². The quantitative estimate of drug-likeness (QED) is 0.879. The van der Waals surface area contributed by atoms with Crippen LogP contribution in [0.5, 0.6) is 0 Å². The molecule has 0 spiro atoms. The summed E-state index contributed by atoms with van der Waals surface area (Å²) in [6, 6.07) is 9.85. The van der Waals surface area contributed by atoms with E-state index in [1.165, 1.54) is 5.56 Å². The second kappa shape index (κ2) is 5.78. The molecule has 1 heterocycles. The molecule has 0 saturated carbocycles. The Morgan fingerprint density at radius 3 is 2.67 bits per heavy atom. The van der Waals surface area contributed by atoms with Crippen LogP contribution < -0.4 is 5.73 Å². The summed E-state index contributed by atoms with van der Waals surface area (Å²) in [4.78, 5) is 4.37. The molecule has 0 saturated heterocycles. The Bertz CT molecular complexity index is 481. The zero-order valence-electron chi connectivity index (χ0n) is 10.8. The van der Waals surface area contributed by atoms with E-state index >= 15 is 0 Å². The first-order valence-corrected chi connectivity index (χ1v) is 6.33. The molecule has 0 radical (unpaired) electrons. The molecule has 1 aromatic carbocycles. The first kappa shape index (κ1) is 12.8. The van der Waals surface area contributed by atoms with Gasteiger partial charge in [-0.3, -0.25) is 0 Å². The summed E-state index contributed by atoms with van der Waals surface area (Å²) in [5, 5.41) is 3.98. The van der Waals surface area contributed by atoms with Gasteiger partial charge in [0.2, 0.25) is 5.89 Å². The van der Waals surface area contributed by atoms with E-state index < -0.39 is 0 Å². The summed E-state index contributed by atoms with van der Waals surface area (Å²) in [7, 11) is 0. The number of benzene rings is 1. The molecule has 2 aromatic rings. The minimum absolute atomic E-state index is 0.238. The summed E-state index contributed by atoms with van der Waals surface area (Å²) in [5.74, 6) is 1.58. The van der Waals surface area contributed by atoms with Gasteiger partial charge in [0.25, 0.3) is 0 Å². The zero-order valence-corrected chi connectivity index (χ0v) is 10.8. The predicted molar refractivity (Wildman–Crippen MR) is 70.1 cm³/mol. The van der Waals surface area contributed by atoms with Gasteiger partial charge in [-0.2, -0.15) is 4.98 Å². The maximum atomic E-state index is 6.09. The summed E-state index contributed by atoms with van der Waals surface area (Å²) in [6.45, 7) is 4.18. The van der Waals surface area contributed by atoms with Crippen LogP contribution in [0.2, 0.25) is 0 Å². The van der Waals surface area contributed by atoms with E-state index in [1.54, 1.807) is 0 Å². The van der Waals surface area contributed by atoms with Crippen LogP contribution in [0.15, 0.2) is 34.9 Å². The van der Waals surface area contributed by atoms with Gasteiger partial charge in [-0.15, -0.1) is 0 Å². The van der Waals surface area contributed by atoms with E-state index in [9.17, 15) is 0 Å². The van der Waals surface area contributed by atoms with Gasteiger partial charge in [0.05, 0.1) is 6.04 Å². The van der Waals surface area contributed by atoms with Crippen LogP contribution in [0.25, 0.3) is 0 Å². The summed E-state index contributed by atoms with van der Waals surface area (Å²) < 4.78 is 5.24. The Labute approximate surface area is 107 Å². The van der Waals surface area contributed by atoms with Crippen molar-refractivity contribution in [2.75, 3.05) is 0 Å². The topological polar surface area (TPSA) is 64.9 Å². The smallest absolute Gasteiger partial charge is 0.243 e. The van der Waals surface area contributed by atoms with Gasteiger partial charge in [0.1, 0.15) is 0 Å². The Kier molecular flexibility index (Phi) is 4.10. The Morgan fingerprint density at radius 2 is 2.00 bits per heavy atom. The Morgan fingerprint density at radius 1 is 1.28 bits per heavy atom. The number of nitrogens with zero attached hydrogens (tertiary/aromatic N) is 2. The standard InChI is InChI=1S/C14H19N3O/c1-3-10(2)13-16-14(18-17-13)12(15)9-11-7-5-4-6-8-11/h4-8,10,12H,3,9,15H2,1-2H3. The number of aromatic nitrogens is 2. The lowest BCUT2D eigenvalue weighted by Gasteiger charge is -2.06. The van der Waals surface area contributed by atoms with Gasteiger partial charge in [0, 0.05) is 5.92 Å². The second-order valence-electron chi connectivity index (χ2n) is 4.60. The molecule has 0 amide bonds. The van der Waals surface area contributed by atoms with Crippen molar-refractivity contribution >= 4 is 0 Å². The molecule has 0 aliphatic heterocycles. The lowest BCUT2D eigenvalue weighted by molar-refractivity contribution is 0.348. The molecule has 4 heteroatoms. The first-order chi connectivity index (χ1) is 8.70. The highest BCUT2D eigenvalue weighted by molar-refractivity contribution is 5.16. The maximum absolute atomic E-state index is 6.09. The van der Waals surface area contributed by atoms with Crippen molar-refractivity contribution in [2.24, 2.45) is 5.73 Å². The monoisotopic (exact) mass is 245 g/mol. The fourth-order valence-corrected chi connectivity index (χ4v) is 1.74. The van der Waals surface area contributed by atoms with E-state index in [4.69, 9.17) is 10.3 Å². The number of nitrogens with two attached hydrogens (primary N) is 1. The van der Waals surface area contributed by atoms with Crippen molar-refractivity contribution in [1.29, 1.82) is 0 Å². The predicted octanol–water partition coefficient (Wildman–Crippen LogP) is 2.83. The lowest BCUT2D eigenvalue weighted by Crippen LogP contribution is -2.14. The molecular formula is C14H19N3O.